The summed E-state index contributed by atoms with van der Waals surface area (Å²) in [7, 11) is 0. The van der Waals surface area contributed by atoms with Gasteiger partial charge in [-0.05, 0) is 6.92 Å². The molecule has 0 aromatic carbocycles. The summed E-state index contributed by atoms with van der Waals surface area (Å²) in [5.74, 6) is 0.600. The number of hydrogen-bond donors (Lipinski definition) is 2. The number of hydrogen-bond acceptors (Lipinski definition) is 4. The van der Waals surface area contributed by atoms with Crippen molar-refractivity contribution >= 4 is 17.3 Å². The minimum atomic E-state index is -4.29. The van der Waals surface area contributed by atoms with Gasteiger partial charge in [0.25, 0.3) is 0 Å². The first-order valence-electron chi connectivity index (χ1n) is 5.38. The van der Waals surface area contributed by atoms with Crippen LogP contribution in [0, 0.1) is 0 Å². The lowest BCUT2D eigenvalue weighted by atomic mass is 10.5. The molecule has 2 aromatic rings. The van der Waals surface area contributed by atoms with E-state index in [2.05, 4.69) is 20.6 Å². The van der Waals surface area contributed by atoms with Crippen molar-refractivity contribution in [2.24, 2.45) is 0 Å². The Morgan fingerprint density at radius 1 is 1.33 bits per heavy atom. The van der Waals surface area contributed by atoms with Gasteiger partial charge in [-0.15, -0.1) is 0 Å². The van der Waals surface area contributed by atoms with Crippen molar-refractivity contribution in [3.63, 3.8) is 0 Å². The van der Waals surface area contributed by atoms with Gasteiger partial charge in [0.2, 0.25) is 0 Å². The maximum Gasteiger partial charge on any atom is 0.405 e. The van der Waals surface area contributed by atoms with Crippen LogP contribution in [0.1, 0.15) is 6.92 Å². The van der Waals surface area contributed by atoms with Gasteiger partial charge < -0.3 is 15.0 Å². The molecule has 0 amide bonds. The molecule has 18 heavy (non-hydrogen) atoms. The first kappa shape index (κ1) is 12.5. The first-order chi connectivity index (χ1) is 8.49. The Kier molecular flexibility index (Phi) is 3.26. The summed E-state index contributed by atoms with van der Waals surface area (Å²) in [6.07, 6.45) is 0.534. The van der Waals surface area contributed by atoms with Gasteiger partial charge in [0, 0.05) is 18.9 Å². The summed E-state index contributed by atoms with van der Waals surface area (Å²) in [5.41, 5.74) is 0.362. The highest BCUT2D eigenvalue weighted by Crippen LogP contribution is 2.19. The number of alkyl halides is 3. The smallest absolute Gasteiger partial charge is 0.369 e. The first-order valence-corrected chi connectivity index (χ1v) is 5.38. The molecule has 2 N–H and O–H groups in total. The molecule has 2 aromatic heterocycles. The average molecular weight is 259 g/mol. The molecule has 0 aliphatic carbocycles. The molecule has 0 unspecified atom stereocenters. The van der Waals surface area contributed by atoms with Crippen LogP contribution in [0.25, 0.3) is 5.65 Å². The normalized spacial score (nSPS) is 11.8. The van der Waals surface area contributed by atoms with Gasteiger partial charge in [-0.1, -0.05) is 0 Å². The highest BCUT2D eigenvalue weighted by Gasteiger charge is 2.27. The number of halogens is 3. The maximum absolute atomic E-state index is 12.2. The number of rotatable bonds is 4. The third-order valence-electron chi connectivity index (χ3n) is 2.19. The topological polar surface area (TPSA) is 54.2 Å². The molecule has 0 aliphatic heterocycles. The van der Waals surface area contributed by atoms with Crippen LogP contribution < -0.4 is 10.6 Å². The zero-order chi connectivity index (χ0) is 13.2. The van der Waals surface area contributed by atoms with Crippen LogP contribution in [0.15, 0.2) is 18.6 Å². The van der Waals surface area contributed by atoms with Crippen molar-refractivity contribution in [3.8, 4) is 0 Å². The van der Waals surface area contributed by atoms with Crippen molar-refractivity contribution in [1.82, 2.24) is 14.4 Å². The number of nitrogens with one attached hydrogen (secondary N) is 2. The Labute approximate surface area is 101 Å². The lowest BCUT2D eigenvalue weighted by Crippen LogP contribution is -2.22. The van der Waals surface area contributed by atoms with E-state index >= 15 is 0 Å². The number of imidazole rings is 1. The van der Waals surface area contributed by atoms with Crippen LogP contribution in [-0.2, 0) is 0 Å². The molecule has 0 fully saturated rings. The van der Waals surface area contributed by atoms with Crippen LogP contribution >= 0.6 is 0 Å². The largest absolute Gasteiger partial charge is 0.405 e. The molecule has 0 radical (unpaired) electrons. The Hall–Kier alpha value is -1.99. The summed E-state index contributed by atoms with van der Waals surface area (Å²) in [4.78, 5) is 8.02. The van der Waals surface area contributed by atoms with Gasteiger partial charge in [-0.2, -0.15) is 13.2 Å². The SMILES string of the molecule is CCNc1cn2ccnc2c(NCC(F)(F)F)n1. The van der Waals surface area contributed by atoms with Crippen LogP contribution in [0.3, 0.4) is 0 Å². The molecule has 0 saturated heterocycles. The molecule has 8 heteroatoms. The molecule has 0 saturated carbocycles. The van der Waals surface area contributed by atoms with Crippen molar-refractivity contribution < 1.29 is 13.2 Å². The Bertz CT molecular complexity index is 534. The Morgan fingerprint density at radius 3 is 2.78 bits per heavy atom. The highest BCUT2D eigenvalue weighted by atomic mass is 19.4. The molecule has 98 valence electrons. The van der Waals surface area contributed by atoms with E-state index in [9.17, 15) is 13.2 Å². The predicted octanol–water partition coefficient (Wildman–Crippen LogP) is 2.14. The van der Waals surface area contributed by atoms with Gasteiger partial charge in [0.05, 0.1) is 6.20 Å². The van der Waals surface area contributed by atoms with E-state index in [1.54, 1.807) is 16.8 Å². The number of aromatic nitrogens is 3. The Balaban J connectivity index is 2.31. The summed E-state index contributed by atoms with van der Waals surface area (Å²) in [5, 5.41) is 5.20. The van der Waals surface area contributed by atoms with Crippen molar-refractivity contribution in [2.75, 3.05) is 23.7 Å². The van der Waals surface area contributed by atoms with Crippen molar-refractivity contribution in [3.05, 3.63) is 18.6 Å². The van der Waals surface area contributed by atoms with E-state index < -0.39 is 12.7 Å². The summed E-state index contributed by atoms with van der Waals surface area (Å²) < 4.78 is 38.2. The second-order valence-corrected chi connectivity index (χ2v) is 3.63. The average Bonchev–Trinajstić information content (AvgIpc) is 2.73. The molecular formula is C10H12F3N5. The third kappa shape index (κ3) is 2.82. The van der Waals surface area contributed by atoms with Crippen LogP contribution in [0.2, 0.25) is 0 Å². The summed E-state index contributed by atoms with van der Waals surface area (Å²) >= 11 is 0. The predicted molar refractivity (Wildman–Crippen MR) is 61.7 cm³/mol. The maximum atomic E-state index is 12.2. The van der Waals surface area contributed by atoms with E-state index in [1.807, 2.05) is 6.92 Å². The molecule has 0 spiro atoms. The second-order valence-electron chi connectivity index (χ2n) is 3.63. The van der Waals surface area contributed by atoms with Gasteiger partial charge >= 0.3 is 6.18 Å². The fourth-order valence-corrected chi connectivity index (χ4v) is 1.50. The molecule has 5 nitrogen and oxygen atoms in total. The third-order valence-corrected chi connectivity index (χ3v) is 2.19. The fourth-order valence-electron chi connectivity index (χ4n) is 1.50. The Morgan fingerprint density at radius 2 is 2.11 bits per heavy atom. The van der Waals surface area contributed by atoms with Crippen LogP contribution in [0.5, 0.6) is 0 Å². The van der Waals surface area contributed by atoms with Crippen LogP contribution in [0.4, 0.5) is 24.8 Å². The van der Waals surface area contributed by atoms with E-state index in [-0.39, 0.29) is 5.82 Å². The highest BCUT2D eigenvalue weighted by molar-refractivity contribution is 5.65. The van der Waals surface area contributed by atoms with Crippen molar-refractivity contribution in [2.45, 2.75) is 13.1 Å². The zero-order valence-corrected chi connectivity index (χ0v) is 9.62. The van der Waals surface area contributed by atoms with Gasteiger partial charge in [-0.3, -0.25) is 0 Å². The summed E-state index contributed by atoms with van der Waals surface area (Å²) in [6, 6.07) is 0. The second kappa shape index (κ2) is 4.71. The number of nitrogens with zero attached hydrogens (tertiary/aromatic N) is 3. The number of anilines is 2. The monoisotopic (exact) mass is 259 g/mol. The molecular weight excluding hydrogens is 247 g/mol. The minimum Gasteiger partial charge on any atom is -0.369 e. The van der Waals surface area contributed by atoms with Gasteiger partial charge in [0.15, 0.2) is 11.5 Å². The van der Waals surface area contributed by atoms with E-state index in [0.717, 1.165) is 0 Å². The van der Waals surface area contributed by atoms with Crippen molar-refractivity contribution in [1.29, 1.82) is 0 Å². The lowest BCUT2D eigenvalue weighted by Gasteiger charge is -2.11. The zero-order valence-electron chi connectivity index (χ0n) is 9.62. The molecule has 0 atom stereocenters. The molecule has 2 rings (SSSR count). The quantitative estimate of drug-likeness (QED) is 0.883. The van der Waals surface area contributed by atoms with E-state index in [0.29, 0.717) is 18.0 Å². The van der Waals surface area contributed by atoms with E-state index in [1.165, 1.54) is 6.20 Å². The van der Waals surface area contributed by atoms with Crippen LogP contribution in [-0.4, -0.2) is 33.6 Å². The number of fused-ring (bicyclic) bond motifs is 1. The minimum absolute atomic E-state index is 0.107. The standard InChI is InChI=1S/C10H12F3N5/c1-2-14-7-5-18-4-3-15-9(18)8(17-7)16-6-10(11,12)13/h3-5,14H,2,6H2,1H3,(H,16,17). The summed E-state index contributed by atoms with van der Waals surface area (Å²) in [6.45, 7) is 1.37. The molecule has 2 heterocycles. The fraction of sp³-hybridized carbons (Fsp3) is 0.400. The van der Waals surface area contributed by atoms with Gasteiger partial charge in [0.1, 0.15) is 12.4 Å². The molecule has 0 aliphatic rings. The molecule has 0 bridgehead atoms. The van der Waals surface area contributed by atoms with E-state index in [4.69, 9.17) is 0 Å². The lowest BCUT2D eigenvalue weighted by molar-refractivity contribution is -0.115. The van der Waals surface area contributed by atoms with Gasteiger partial charge in [-0.25, -0.2) is 9.97 Å².